The molecule has 2 aromatic heterocycles. The number of hydrogen-bond acceptors (Lipinski definition) is 5. The van der Waals surface area contributed by atoms with Crippen molar-refractivity contribution in [2.24, 2.45) is 0 Å². The third-order valence-corrected chi connectivity index (χ3v) is 6.48. The molecule has 0 aliphatic carbocycles. The fourth-order valence-electron chi connectivity index (χ4n) is 3.94. The number of aliphatic hydroxyl groups is 1. The Bertz CT molecular complexity index is 990. The maximum absolute atomic E-state index is 11.6. The summed E-state index contributed by atoms with van der Waals surface area (Å²) in [7, 11) is 0. The van der Waals surface area contributed by atoms with E-state index in [1.165, 1.54) is 16.5 Å². The largest absolute Gasteiger partial charge is 0.423 e. The van der Waals surface area contributed by atoms with Crippen LogP contribution in [0.1, 0.15) is 33.9 Å². The van der Waals surface area contributed by atoms with E-state index in [9.17, 15) is 9.90 Å². The Morgan fingerprint density at radius 1 is 1.23 bits per heavy atom. The molecule has 1 fully saturated rings. The summed E-state index contributed by atoms with van der Waals surface area (Å²) in [5.74, 6) is 0.239. The third-order valence-electron chi connectivity index (χ3n) is 5.33. The third kappa shape index (κ3) is 3.34. The van der Waals surface area contributed by atoms with Crippen LogP contribution in [-0.2, 0) is 6.54 Å². The van der Waals surface area contributed by atoms with E-state index in [1.54, 1.807) is 11.3 Å². The fraction of sp³-hybridized carbons (Fsp3) is 0.381. The molecule has 4 rings (SSSR count). The Balaban J connectivity index is 1.49. The second-order valence-electron chi connectivity index (χ2n) is 7.24. The quantitative estimate of drug-likeness (QED) is 0.713. The van der Waals surface area contributed by atoms with Gasteiger partial charge in [0.25, 0.3) is 0 Å². The lowest BCUT2D eigenvalue weighted by atomic mass is 9.90. The summed E-state index contributed by atoms with van der Waals surface area (Å²) in [5.41, 5.74) is 3.65. The zero-order valence-electron chi connectivity index (χ0n) is 15.1. The summed E-state index contributed by atoms with van der Waals surface area (Å²) >= 11 is 1.75. The van der Waals surface area contributed by atoms with Gasteiger partial charge in [0.2, 0.25) is 0 Å². The molecule has 1 saturated heterocycles. The summed E-state index contributed by atoms with van der Waals surface area (Å²) in [6.07, 6.45) is 0.617. The molecule has 3 aromatic rings. The molecule has 3 heterocycles. The number of nitrogens with zero attached hydrogens (tertiary/aromatic N) is 1. The molecular weight excluding hydrogens is 346 g/mol. The molecule has 0 saturated carbocycles. The van der Waals surface area contributed by atoms with Gasteiger partial charge in [-0.15, -0.1) is 11.3 Å². The first-order valence-electron chi connectivity index (χ1n) is 8.99. The molecule has 1 aromatic carbocycles. The van der Waals surface area contributed by atoms with Crippen molar-refractivity contribution in [1.29, 1.82) is 0 Å². The second kappa shape index (κ2) is 6.99. The highest BCUT2D eigenvalue weighted by atomic mass is 32.1. The van der Waals surface area contributed by atoms with Gasteiger partial charge in [0.15, 0.2) is 0 Å². The molecular formula is C21H23NO3S. The van der Waals surface area contributed by atoms with Gasteiger partial charge in [-0.2, -0.15) is 0 Å². The van der Waals surface area contributed by atoms with Crippen LogP contribution in [0, 0.1) is 13.8 Å². The first-order valence-corrected chi connectivity index (χ1v) is 9.87. The number of aliphatic hydroxyl groups excluding tert-OH is 1. The molecule has 4 nitrogen and oxygen atoms in total. The van der Waals surface area contributed by atoms with Crippen LogP contribution in [-0.4, -0.2) is 29.2 Å². The number of benzene rings is 1. The summed E-state index contributed by atoms with van der Waals surface area (Å²) in [6.45, 7) is 6.41. The van der Waals surface area contributed by atoms with Crippen molar-refractivity contribution >= 4 is 22.3 Å². The Morgan fingerprint density at radius 2 is 2.08 bits per heavy atom. The van der Waals surface area contributed by atoms with Crippen LogP contribution in [0.4, 0.5) is 0 Å². The number of fused-ring (bicyclic) bond motifs is 1. The van der Waals surface area contributed by atoms with Gasteiger partial charge in [-0.25, -0.2) is 4.79 Å². The second-order valence-corrected chi connectivity index (χ2v) is 8.19. The molecule has 1 aliphatic heterocycles. The van der Waals surface area contributed by atoms with Gasteiger partial charge in [0.05, 0.1) is 6.10 Å². The van der Waals surface area contributed by atoms with E-state index >= 15 is 0 Å². The number of β-amino-alcohol motifs (C(OH)–C–C–N with tert-alkyl or cyclic N) is 1. The van der Waals surface area contributed by atoms with Gasteiger partial charge < -0.3 is 9.52 Å². The minimum Gasteiger partial charge on any atom is -0.423 e. The average Bonchev–Trinajstić information content (AvgIpc) is 3.00. The Morgan fingerprint density at radius 3 is 2.81 bits per heavy atom. The van der Waals surface area contributed by atoms with E-state index in [-0.39, 0.29) is 17.6 Å². The topological polar surface area (TPSA) is 53.7 Å². The standard InChI is InChI=1S/C21H23NO3S/c1-13-6-8-26-21(13)17-5-7-22(12-18(17)23)11-15-3-4-16-14(2)9-20(24)25-19(16)10-15/h3-4,6,8-10,17-18,23H,5,7,11-12H2,1-2H3/t17-,18-/m0/s1. The van der Waals surface area contributed by atoms with Crippen molar-refractivity contribution in [2.75, 3.05) is 13.1 Å². The number of hydrogen-bond donors (Lipinski definition) is 1. The summed E-state index contributed by atoms with van der Waals surface area (Å²) in [6, 6.07) is 9.70. The number of likely N-dealkylation sites (tertiary alicyclic amines) is 1. The van der Waals surface area contributed by atoms with Crippen LogP contribution < -0.4 is 5.63 Å². The molecule has 2 atom stereocenters. The van der Waals surface area contributed by atoms with E-state index in [4.69, 9.17) is 4.42 Å². The summed E-state index contributed by atoms with van der Waals surface area (Å²) < 4.78 is 5.35. The summed E-state index contributed by atoms with van der Waals surface area (Å²) in [4.78, 5) is 15.2. The molecule has 0 unspecified atom stereocenters. The maximum atomic E-state index is 11.6. The van der Waals surface area contributed by atoms with Gasteiger partial charge in [-0.3, -0.25) is 4.90 Å². The smallest absolute Gasteiger partial charge is 0.336 e. The highest BCUT2D eigenvalue weighted by Crippen LogP contribution is 2.34. The minimum absolute atomic E-state index is 0.239. The van der Waals surface area contributed by atoms with E-state index in [1.807, 2.05) is 19.1 Å². The van der Waals surface area contributed by atoms with Crippen LogP contribution >= 0.6 is 11.3 Å². The predicted molar refractivity (Wildman–Crippen MR) is 105 cm³/mol. The highest BCUT2D eigenvalue weighted by molar-refractivity contribution is 7.10. The minimum atomic E-state index is -0.346. The van der Waals surface area contributed by atoms with Crippen molar-refractivity contribution in [3.05, 3.63) is 67.7 Å². The van der Waals surface area contributed by atoms with Gasteiger partial charge in [0, 0.05) is 35.3 Å². The fourth-order valence-corrected chi connectivity index (χ4v) is 5.06. The van der Waals surface area contributed by atoms with Crippen molar-refractivity contribution in [1.82, 2.24) is 4.90 Å². The lowest BCUT2D eigenvalue weighted by Crippen LogP contribution is -2.42. The Labute approximate surface area is 156 Å². The van der Waals surface area contributed by atoms with Crippen molar-refractivity contribution in [3.63, 3.8) is 0 Å². The van der Waals surface area contributed by atoms with Crippen LogP contribution in [0.15, 0.2) is 44.9 Å². The van der Waals surface area contributed by atoms with E-state index in [2.05, 4.69) is 29.3 Å². The van der Waals surface area contributed by atoms with Crippen LogP contribution in [0.2, 0.25) is 0 Å². The normalized spacial score (nSPS) is 21.3. The Hall–Kier alpha value is -1.95. The number of aryl methyl sites for hydroxylation is 2. The highest BCUT2D eigenvalue weighted by Gasteiger charge is 2.30. The molecule has 1 aliphatic rings. The zero-order valence-corrected chi connectivity index (χ0v) is 15.9. The van der Waals surface area contributed by atoms with E-state index in [0.717, 1.165) is 36.0 Å². The number of piperidine rings is 1. The molecule has 5 heteroatoms. The molecule has 136 valence electrons. The Kier molecular flexibility index (Phi) is 4.69. The van der Waals surface area contributed by atoms with Gasteiger partial charge in [-0.1, -0.05) is 12.1 Å². The van der Waals surface area contributed by atoms with Crippen LogP contribution in [0.25, 0.3) is 11.0 Å². The van der Waals surface area contributed by atoms with E-state index in [0.29, 0.717) is 12.1 Å². The number of thiophene rings is 1. The first kappa shape index (κ1) is 17.5. The van der Waals surface area contributed by atoms with Gasteiger partial charge in [0.1, 0.15) is 5.58 Å². The molecule has 0 radical (unpaired) electrons. The average molecular weight is 369 g/mol. The first-order chi connectivity index (χ1) is 12.5. The molecule has 1 N–H and O–H groups in total. The molecule has 0 bridgehead atoms. The van der Waals surface area contributed by atoms with Crippen molar-refractivity contribution in [2.45, 2.75) is 38.8 Å². The molecule has 0 spiro atoms. The summed E-state index contributed by atoms with van der Waals surface area (Å²) in [5, 5.41) is 13.7. The zero-order chi connectivity index (χ0) is 18.3. The van der Waals surface area contributed by atoms with Crippen LogP contribution in [0.5, 0.6) is 0 Å². The lowest BCUT2D eigenvalue weighted by molar-refractivity contribution is 0.0485. The van der Waals surface area contributed by atoms with Crippen LogP contribution in [0.3, 0.4) is 0 Å². The predicted octanol–water partition coefficient (Wildman–Crippen LogP) is 3.82. The lowest BCUT2D eigenvalue weighted by Gasteiger charge is -2.36. The van der Waals surface area contributed by atoms with Crippen molar-refractivity contribution in [3.8, 4) is 0 Å². The molecule has 0 amide bonds. The van der Waals surface area contributed by atoms with Gasteiger partial charge in [-0.05, 0) is 61.0 Å². The van der Waals surface area contributed by atoms with E-state index < -0.39 is 0 Å². The maximum Gasteiger partial charge on any atom is 0.336 e. The SMILES string of the molecule is Cc1ccsc1[C@H]1CCN(Cc2ccc3c(C)cc(=O)oc3c2)C[C@@H]1O. The molecule has 26 heavy (non-hydrogen) atoms. The monoisotopic (exact) mass is 369 g/mol. The van der Waals surface area contributed by atoms with Gasteiger partial charge >= 0.3 is 5.63 Å². The number of rotatable bonds is 3. The van der Waals surface area contributed by atoms with Crippen molar-refractivity contribution < 1.29 is 9.52 Å².